The van der Waals surface area contributed by atoms with Crippen LogP contribution >= 0.6 is 0 Å². The number of hydrogen-bond acceptors (Lipinski definition) is 5. The Morgan fingerprint density at radius 1 is 1.06 bits per heavy atom. The van der Waals surface area contributed by atoms with Crippen molar-refractivity contribution in [1.82, 2.24) is 0 Å². The van der Waals surface area contributed by atoms with Crippen LogP contribution in [0.3, 0.4) is 0 Å². The van der Waals surface area contributed by atoms with Gasteiger partial charge in [0.2, 0.25) is 0 Å². The molecule has 3 fully saturated rings. The van der Waals surface area contributed by atoms with Gasteiger partial charge in [-0.1, -0.05) is 53.7 Å². The van der Waals surface area contributed by atoms with E-state index in [1.807, 2.05) is 6.92 Å². The van der Waals surface area contributed by atoms with Gasteiger partial charge in [-0.3, -0.25) is 9.59 Å². The van der Waals surface area contributed by atoms with Crippen LogP contribution < -0.4 is 0 Å². The average Bonchev–Trinajstić information content (AvgIpc) is 3.48. The lowest BCUT2D eigenvalue weighted by atomic mass is 9.45. The zero-order valence-corrected chi connectivity index (χ0v) is 20.9. The van der Waals surface area contributed by atoms with Crippen LogP contribution in [0.25, 0.3) is 0 Å². The molecule has 5 rings (SSSR count). The molecule has 0 unspecified atom stereocenters. The molecule has 0 aromatic rings. The van der Waals surface area contributed by atoms with Crippen molar-refractivity contribution in [2.75, 3.05) is 0 Å². The van der Waals surface area contributed by atoms with Gasteiger partial charge in [-0.2, -0.15) is 0 Å². The summed E-state index contributed by atoms with van der Waals surface area (Å²) in [5.41, 5.74) is -0.663. The molecule has 2 saturated carbocycles. The molecule has 5 aliphatic rings. The van der Waals surface area contributed by atoms with Crippen molar-refractivity contribution < 1.29 is 24.5 Å². The number of ketones is 2. The molecule has 0 amide bonds. The summed E-state index contributed by atoms with van der Waals surface area (Å²) in [6.45, 7) is 12.9. The minimum Gasteiger partial charge on any atom is -0.393 e. The van der Waals surface area contributed by atoms with E-state index in [0.717, 1.165) is 5.57 Å². The van der Waals surface area contributed by atoms with Gasteiger partial charge in [0.05, 0.1) is 17.8 Å². The van der Waals surface area contributed by atoms with Gasteiger partial charge in [-0.05, 0) is 54.9 Å². The Kier molecular flexibility index (Phi) is 5.22. The van der Waals surface area contributed by atoms with Crippen LogP contribution in [0.5, 0.6) is 0 Å². The van der Waals surface area contributed by atoms with Gasteiger partial charge in [0.25, 0.3) is 0 Å². The standard InChI is InChI=1S/C28H40O5/c1-14(2)15(3)7-8-16(4)19-11-20(30)18-13-26(19,5)24(32)21-22(18)27(6)10-9-17(29)12-28(27)25(33-28)23(21)31/h7-8,14-20,25,29-30H,9-13H2,1-6H3/b8-7+/t15-,16+,17-,18-,19+,20-,25-,26+,27+,28-/m0/s1. The van der Waals surface area contributed by atoms with Gasteiger partial charge < -0.3 is 14.9 Å². The van der Waals surface area contributed by atoms with E-state index in [4.69, 9.17) is 4.74 Å². The molecule has 1 spiro atoms. The third-order valence-electron chi connectivity index (χ3n) is 10.4. The first-order valence-electron chi connectivity index (χ1n) is 12.9. The lowest BCUT2D eigenvalue weighted by molar-refractivity contribution is -0.141. The third kappa shape index (κ3) is 3.01. The van der Waals surface area contributed by atoms with Crippen molar-refractivity contribution in [3.05, 3.63) is 23.3 Å². The van der Waals surface area contributed by atoms with Gasteiger partial charge in [0.1, 0.15) is 5.60 Å². The number of hydrogen-bond donors (Lipinski definition) is 2. The predicted octanol–water partition coefficient (Wildman–Crippen LogP) is 4.01. The molecule has 0 radical (unpaired) electrons. The summed E-state index contributed by atoms with van der Waals surface area (Å²) in [7, 11) is 0. The smallest absolute Gasteiger partial charge is 0.198 e. The van der Waals surface area contributed by atoms with Gasteiger partial charge in [-0.15, -0.1) is 0 Å². The first-order chi connectivity index (χ1) is 15.4. The maximum Gasteiger partial charge on any atom is 0.198 e. The van der Waals surface area contributed by atoms with E-state index in [9.17, 15) is 19.8 Å². The van der Waals surface area contributed by atoms with E-state index < -0.39 is 34.7 Å². The molecular formula is C28H40O5. The molecule has 2 N–H and O–H groups in total. The van der Waals surface area contributed by atoms with Crippen molar-refractivity contribution in [3.63, 3.8) is 0 Å². The molecule has 1 saturated heterocycles. The number of epoxide rings is 1. The van der Waals surface area contributed by atoms with Gasteiger partial charge >= 0.3 is 0 Å². The largest absolute Gasteiger partial charge is 0.393 e. The van der Waals surface area contributed by atoms with Crippen molar-refractivity contribution in [2.24, 2.45) is 40.4 Å². The number of allylic oxidation sites excluding steroid dienone is 2. The Morgan fingerprint density at radius 2 is 1.76 bits per heavy atom. The normalized spacial score (nSPS) is 48.5. The van der Waals surface area contributed by atoms with E-state index in [-0.39, 0.29) is 29.3 Å². The van der Waals surface area contributed by atoms with Gasteiger partial charge in [0.15, 0.2) is 17.7 Å². The summed E-state index contributed by atoms with van der Waals surface area (Å²) < 4.78 is 6.08. The van der Waals surface area contributed by atoms with Gasteiger partial charge in [0, 0.05) is 23.2 Å². The topological polar surface area (TPSA) is 87.1 Å². The van der Waals surface area contributed by atoms with E-state index >= 15 is 0 Å². The number of ether oxygens (including phenoxy) is 1. The van der Waals surface area contributed by atoms with Crippen LogP contribution in [-0.2, 0) is 14.3 Å². The van der Waals surface area contributed by atoms with Crippen molar-refractivity contribution in [1.29, 1.82) is 0 Å². The number of fused-ring (bicyclic) bond motifs is 4. The molecule has 10 atom stereocenters. The summed E-state index contributed by atoms with van der Waals surface area (Å²) in [6.07, 6.45) is 5.66. The number of carbonyl (C=O) groups excluding carboxylic acids is 2. The average molecular weight is 457 g/mol. The van der Waals surface area contributed by atoms with Gasteiger partial charge in [-0.25, -0.2) is 0 Å². The van der Waals surface area contributed by atoms with Crippen molar-refractivity contribution in [2.45, 2.75) is 97.6 Å². The second kappa shape index (κ2) is 7.35. The highest BCUT2D eigenvalue weighted by Crippen LogP contribution is 2.70. The van der Waals surface area contributed by atoms with E-state index in [0.29, 0.717) is 49.5 Å². The third-order valence-corrected chi connectivity index (χ3v) is 10.4. The second-order valence-electron chi connectivity index (χ2n) is 12.6. The number of aliphatic hydroxyl groups is 2. The summed E-state index contributed by atoms with van der Waals surface area (Å²) in [4.78, 5) is 27.7. The number of carbonyl (C=O) groups is 2. The van der Waals surface area contributed by atoms with E-state index in [2.05, 4.69) is 46.8 Å². The molecule has 182 valence electrons. The molecule has 33 heavy (non-hydrogen) atoms. The van der Waals surface area contributed by atoms with Crippen LogP contribution in [0.15, 0.2) is 23.3 Å². The molecule has 2 bridgehead atoms. The maximum atomic E-state index is 14.1. The first-order valence-corrected chi connectivity index (χ1v) is 12.9. The summed E-state index contributed by atoms with van der Waals surface area (Å²) >= 11 is 0. The zero-order valence-electron chi connectivity index (χ0n) is 20.9. The quantitative estimate of drug-likeness (QED) is 0.379. The van der Waals surface area contributed by atoms with Crippen LogP contribution in [0.1, 0.15) is 73.6 Å². The fraction of sp³-hybridized carbons (Fsp3) is 0.786. The highest BCUT2D eigenvalue weighted by atomic mass is 16.6. The Bertz CT molecular complexity index is 948. The Hall–Kier alpha value is -1.30. The van der Waals surface area contributed by atoms with E-state index in [1.165, 1.54) is 0 Å². The summed E-state index contributed by atoms with van der Waals surface area (Å²) in [5.74, 6) is 0.666. The highest BCUT2D eigenvalue weighted by Gasteiger charge is 2.78. The lowest BCUT2D eigenvalue weighted by Gasteiger charge is -2.57. The molecule has 1 aliphatic heterocycles. The van der Waals surface area contributed by atoms with E-state index in [1.54, 1.807) is 0 Å². The molecule has 1 heterocycles. The summed E-state index contributed by atoms with van der Waals surface area (Å²) in [5, 5.41) is 21.8. The SMILES string of the molecule is CC(C)[C@@H](C)/C=C/[C@@H](C)[C@H]1C[C@H](O)[C@@H]2C[C@@]1(C)C(=O)C1=C2[C@@]2(C)CC[C@H](O)C[C@@]23O[C@H]3C1=O. The fourth-order valence-corrected chi connectivity index (χ4v) is 7.86. The van der Waals surface area contributed by atoms with Crippen LogP contribution in [0.2, 0.25) is 0 Å². The fourth-order valence-electron chi connectivity index (χ4n) is 7.86. The first kappa shape index (κ1) is 23.4. The zero-order chi connectivity index (χ0) is 24.1. The summed E-state index contributed by atoms with van der Waals surface area (Å²) in [6, 6.07) is 0. The lowest BCUT2D eigenvalue weighted by Crippen LogP contribution is -2.61. The monoisotopic (exact) mass is 456 g/mol. The van der Waals surface area contributed by atoms with Crippen LogP contribution in [-0.4, -0.2) is 45.7 Å². The molecule has 4 aliphatic carbocycles. The number of Topliss-reactive ketones (excluding diaryl/α,β-unsaturated/α-hetero) is 2. The molecule has 5 heteroatoms. The van der Waals surface area contributed by atoms with Crippen molar-refractivity contribution >= 4 is 11.6 Å². The minimum atomic E-state index is -0.700. The number of aliphatic hydroxyl groups excluding tert-OH is 2. The molecule has 0 aromatic carbocycles. The van der Waals surface area contributed by atoms with Crippen LogP contribution in [0, 0.1) is 40.4 Å². The molecular weight excluding hydrogens is 416 g/mol. The minimum absolute atomic E-state index is 0.0125. The maximum absolute atomic E-state index is 14.1. The Labute approximate surface area is 197 Å². The number of rotatable bonds is 4. The Morgan fingerprint density at radius 3 is 2.42 bits per heavy atom. The Balaban J connectivity index is 1.55. The van der Waals surface area contributed by atoms with Crippen molar-refractivity contribution in [3.8, 4) is 0 Å². The predicted molar refractivity (Wildman–Crippen MR) is 125 cm³/mol. The van der Waals surface area contributed by atoms with Crippen LogP contribution in [0.4, 0.5) is 0 Å². The molecule has 0 aromatic heterocycles. The second-order valence-corrected chi connectivity index (χ2v) is 12.6. The highest BCUT2D eigenvalue weighted by molar-refractivity contribution is 6.26. The molecule has 5 nitrogen and oxygen atoms in total.